The lowest BCUT2D eigenvalue weighted by Gasteiger charge is -2.11. The van der Waals surface area contributed by atoms with Gasteiger partial charge < -0.3 is 10.1 Å². The second-order valence-electron chi connectivity index (χ2n) is 3.94. The molecule has 0 bridgehead atoms. The van der Waals surface area contributed by atoms with Crippen LogP contribution in [0.1, 0.15) is 18.1 Å². The normalized spacial score (nSPS) is 14.5. The van der Waals surface area contributed by atoms with Crippen LogP contribution in [0.4, 0.5) is 0 Å². The van der Waals surface area contributed by atoms with Gasteiger partial charge in [-0.05, 0) is 30.5 Å². The third-order valence-electron chi connectivity index (χ3n) is 2.89. The molecule has 2 rings (SSSR count). The van der Waals surface area contributed by atoms with Gasteiger partial charge in [0.25, 0.3) is 0 Å². The summed E-state index contributed by atoms with van der Waals surface area (Å²) in [6, 6.07) is 6.21. The molecule has 0 radical (unpaired) electrons. The Hall–Kier alpha value is -1.51. The molecular formula is C13H18N2O. The van der Waals surface area contributed by atoms with E-state index in [1.807, 2.05) is 12.1 Å². The molecule has 1 aliphatic heterocycles. The summed E-state index contributed by atoms with van der Waals surface area (Å²) >= 11 is 0. The van der Waals surface area contributed by atoms with Crippen LogP contribution in [0.5, 0.6) is 5.75 Å². The van der Waals surface area contributed by atoms with E-state index in [1.165, 1.54) is 11.1 Å². The largest absolute Gasteiger partial charge is 0.485 e. The number of benzene rings is 1. The van der Waals surface area contributed by atoms with Crippen LogP contribution in [0.2, 0.25) is 0 Å². The maximum Gasteiger partial charge on any atom is 0.145 e. The molecule has 0 unspecified atom stereocenters. The Balaban J connectivity index is 2.03. The number of amidine groups is 1. The molecule has 3 nitrogen and oxygen atoms in total. The first-order chi connectivity index (χ1) is 7.81. The number of nitrogens with zero attached hydrogens (tertiary/aromatic N) is 1. The molecule has 0 saturated heterocycles. The van der Waals surface area contributed by atoms with Crippen molar-refractivity contribution in [3.05, 3.63) is 29.3 Å². The molecule has 0 aliphatic carbocycles. The predicted molar refractivity (Wildman–Crippen MR) is 66.4 cm³/mol. The van der Waals surface area contributed by atoms with Crippen LogP contribution in [0, 0.1) is 6.92 Å². The van der Waals surface area contributed by atoms with Crippen molar-refractivity contribution in [2.24, 2.45) is 4.99 Å². The van der Waals surface area contributed by atoms with E-state index in [0.717, 1.165) is 31.1 Å². The summed E-state index contributed by atoms with van der Waals surface area (Å²) in [5.41, 5.74) is 2.59. The summed E-state index contributed by atoms with van der Waals surface area (Å²) < 4.78 is 5.77. The molecule has 0 amide bonds. The van der Waals surface area contributed by atoms with E-state index in [9.17, 15) is 0 Å². The van der Waals surface area contributed by atoms with Crippen LogP contribution >= 0.6 is 0 Å². The molecule has 1 aromatic carbocycles. The Morgan fingerprint density at radius 1 is 1.44 bits per heavy atom. The number of hydrogen-bond donors (Lipinski definition) is 1. The van der Waals surface area contributed by atoms with E-state index in [-0.39, 0.29) is 0 Å². The van der Waals surface area contributed by atoms with Crippen LogP contribution < -0.4 is 10.1 Å². The van der Waals surface area contributed by atoms with Gasteiger partial charge >= 0.3 is 0 Å². The van der Waals surface area contributed by atoms with Crippen LogP contribution in [-0.4, -0.2) is 25.5 Å². The van der Waals surface area contributed by atoms with Crippen molar-refractivity contribution in [2.75, 3.05) is 19.7 Å². The van der Waals surface area contributed by atoms with Crippen molar-refractivity contribution in [1.29, 1.82) is 0 Å². The third-order valence-corrected chi connectivity index (χ3v) is 2.89. The number of ether oxygens (including phenoxy) is 1. The van der Waals surface area contributed by atoms with Gasteiger partial charge in [-0.2, -0.15) is 0 Å². The smallest absolute Gasteiger partial charge is 0.145 e. The average Bonchev–Trinajstić information content (AvgIpc) is 2.81. The fourth-order valence-electron chi connectivity index (χ4n) is 1.89. The molecule has 86 valence electrons. The minimum absolute atomic E-state index is 0.550. The molecular weight excluding hydrogens is 200 g/mol. The van der Waals surface area contributed by atoms with Crippen LogP contribution in [0.15, 0.2) is 23.2 Å². The highest BCUT2D eigenvalue weighted by molar-refractivity contribution is 5.85. The Morgan fingerprint density at radius 2 is 2.31 bits per heavy atom. The first-order valence-corrected chi connectivity index (χ1v) is 5.79. The van der Waals surface area contributed by atoms with Gasteiger partial charge in [0, 0.05) is 6.54 Å². The maximum atomic E-state index is 5.77. The van der Waals surface area contributed by atoms with Crippen LogP contribution in [0.25, 0.3) is 0 Å². The van der Waals surface area contributed by atoms with E-state index in [1.54, 1.807) is 0 Å². The molecule has 16 heavy (non-hydrogen) atoms. The number of hydrogen-bond acceptors (Lipinski definition) is 3. The quantitative estimate of drug-likeness (QED) is 0.838. The number of aryl methyl sites for hydroxylation is 1. The molecule has 0 atom stereocenters. The SMILES string of the molecule is CCc1cccc(OCC2=NCCN2)c1C. The molecule has 3 heteroatoms. The minimum Gasteiger partial charge on any atom is -0.485 e. The van der Waals surface area contributed by atoms with Gasteiger partial charge in [0.15, 0.2) is 0 Å². The lowest BCUT2D eigenvalue weighted by molar-refractivity contribution is 0.370. The zero-order valence-corrected chi connectivity index (χ0v) is 9.92. The van der Waals surface area contributed by atoms with Crippen molar-refractivity contribution in [1.82, 2.24) is 5.32 Å². The average molecular weight is 218 g/mol. The number of rotatable bonds is 4. The maximum absolute atomic E-state index is 5.77. The van der Waals surface area contributed by atoms with Crippen molar-refractivity contribution >= 4 is 5.84 Å². The predicted octanol–water partition coefficient (Wildman–Crippen LogP) is 1.94. The second-order valence-corrected chi connectivity index (χ2v) is 3.94. The van der Waals surface area contributed by atoms with Crippen molar-refractivity contribution in [3.8, 4) is 5.75 Å². The first-order valence-electron chi connectivity index (χ1n) is 5.79. The Labute approximate surface area is 96.5 Å². The number of nitrogens with one attached hydrogen (secondary N) is 1. The summed E-state index contributed by atoms with van der Waals surface area (Å²) in [6.45, 7) is 6.63. The first kappa shape index (κ1) is 11.0. The Kier molecular flexibility index (Phi) is 3.44. The van der Waals surface area contributed by atoms with Gasteiger partial charge in [-0.3, -0.25) is 4.99 Å². The van der Waals surface area contributed by atoms with Gasteiger partial charge in [0.2, 0.25) is 0 Å². The standard InChI is InChI=1S/C13H18N2O/c1-3-11-5-4-6-12(10(11)2)16-9-13-14-7-8-15-13/h4-6H,3,7-9H2,1-2H3,(H,14,15). The summed E-state index contributed by atoms with van der Waals surface area (Å²) in [7, 11) is 0. The fraction of sp³-hybridized carbons (Fsp3) is 0.462. The lowest BCUT2D eigenvalue weighted by Crippen LogP contribution is -2.25. The second kappa shape index (κ2) is 5.01. The summed E-state index contributed by atoms with van der Waals surface area (Å²) in [4.78, 5) is 4.30. The van der Waals surface area contributed by atoms with E-state index in [0.29, 0.717) is 6.61 Å². The molecule has 1 aliphatic rings. The van der Waals surface area contributed by atoms with Crippen molar-refractivity contribution in [2.45, 2.75) is 20.3 Å². The van der Waals surface area contributed by atoms with Crippen molar-refractivity contribution < 1.29 is 4.74 Å². The van der Waals surface area contributed by atoms with Gasteiger partial charge in [-0.25, -0.2) is 0 Å². The van der Waals surface area contributed by atoms with E-state index >= 15 is 0 Å². The van der Waals surface area contributed by atoms with Gasteiger partial charge in [0.1, 0.15) is 18.2 Å². The Bertz CT molecular complexity index is 399. The van der Waals surface area contributed by atoms with Crippen LogP contribution in [0.3, 0.4) is 0 Å². The van der Waals surface area contributed by atoms with Gasteiger partial charge in [-0.1, -0.05) is 19.1 Å². The highest BCUT2D eigenvalue weighted by atomic mass is 16.5. The highest BCUT2D eigenvalue weighted by Gasteiger charge is 2.07. The molecule has 0 spiro atoms. The fourth-order valence-corrected chi connectivity index (χ4v) is 1.89. The van der Waals surface area contributed by atoms with Crippen molar-refractivity contribution in [3.63, 3.8) is 0 Å². The van der Waals surface area contributed by atoms with E-state index in [2.05, 4.69) is 30.2 Å². The topological polar surface area (TPSA) is 33.6 Å². The van der Waals surface area contributed by atoms with E-state index < -0.39 is 0 Å². The molecule has 1 N–H and O–H groups in total. The van der Waals surface area contributed by atoms with Gasteiger partial charge in [-0.15, -0.1) is 0 Å². The molecule has 0 fully saturated rings. The Morgan fingerprint density at radius 3 is 3.00 bits per heavy atom. The lowest BCUT2D eigenvalue weighted by atomic mass is 10.1. The van der Waals surface area contributed by atoms with Crippen LogP contribution in [-0.2, 0) is 6.42 Å². The van der Waals surface area contributed by atoms with E-state index in [4.69, 9.17) is 4.74 Å². The summed E-state index contributed by atoms with van der Waals surface area (Å²) in [5, 5.41) is 3.20. The monoisotopic (exact) mass is 218 g/mol. The minimum atomic E-state index is 0.550. The van der Waals surface area contributed by atoms with Gasteiger partial charge in [0.05, 0.1) is 6.54 Å². The highest BCUT2D eigenvalue weighted by Crippen LogP contribution is 2.21. The summed E-state index contributed by atoms with van der Waals surface area (Å²) in [5.74, 6) is 1.93. The molecule has 1 aromatic rings. The summed E-state index contributed by atoms with van der Waals surface area (Å²) in [6.07, 6.45) is 1.04. The molecule has 0 aromatic heterocycles. The molecule has 0 saturated carbocycles. The number of aliphatic imine (C=N–C) groups is 1. The zero-order valence-electron chi connectivity index (χ0n) is 9.92. The third kappa shape index (κ3) is 2.35. The zero-order chi connectivity index (χ0) is 11.4. The molecule has 1 heterocycles.